The monoisotopic (exact) mass is 221 g/mol. The van der Waals surface area contributed by atoms with Crippen molar-refractivity contribution in [2.75, 3.05) is 0 Å². The maximum Gasteiger partial charge on any atom is 0.569 e. The molecule has 0 aromatic heterocycles. The van der Waals surface area contributed by atoms with Crippen LogP contribution in [0.25, 0.3) is 21.5 Å². The summed E-state index contributed by atoms with van der Waals surface area (Å²) in [5.74, 6) is 0.636. The molecule has 3 aromatic carbocycles. The summed E-state index contributed by atoms with van der Waals surface area (Å²) in [6.07, 6.45) is 0. The highest BCUT2D eigenvalue weighted by Crippen LogP contribution is 2.28. The zero-order valence-corrected chi connectivity index (χ0v) is 9.13. The summed E-state index contributed by atoms with van der Waals surface area (Å²) in [4.78, 5) is 0. The van der Waals surface area contributed by atoms with Crippen LogP contribution in [0.3, 0.4) is 0 Å². The van der Waals surface area contributed by atoms with E-state index in [1.807, 2.05) is 30.3 Å². The number of benzene rings is 3. The molecule has 0 aliphatic rings. The summed E-state index contributed by atoms with van der Waals surface area (Å²) in [6, 6.07) is 18.2. The molecule has 17 heavy (non-hydrogen) atoms. The first-order valence-corrected chi connectivity index (χ1v) is 5.42. The van der Waals surface area contributed by atoms with Gasteiger partial charge in [0.25, 0.3) is 0 Å². The quantitative estimate of drug-likeness (QED) is 0.532. The van der Waals surface area contributed by atoms with Gasteiger partial charge in [-0.1, -0.05) is 42.5 Å². The smallest absolute Gasteiger partial charge is 0.537 e. The number of hydrogen-bond donors (Lipinski definition) is 1. The Morgan fingerprint density at radius 3 is 2.35 bits per heavy atom. The lowest BCUT2D eigenvalue weighted by Gasteiger charge is -2.06. The van der Waals surface area contributed by atoms with E-state index in [1.54, 1.807) is 0 Å². The Kier molecular flexibility index (Phi) is 2.46. The normalized spacial score (nSPS) is 10.6. The molecule has 2 nitrogen and oxygen atoms in total. The Morgan fingerprint density at radius 2 is 1.53 bits per heavy atom. The lowest BCUT2D eigenvalue weighted by molar-refractivity contribution is 0.454. The molecule has 0 saturated heterocycles. The van der Waals surface area contributed by atoms with E-state index in [0.29, 0.717) is 13.4 Å². The predicted octanol–water partition coefficient (Wildman–Crippen LogP) is 2.90. The molecule has 0 heterocycles. The van der Waals surface area contributed by atoms with Gasteiger partial charge in [-0.25, -0.2) is 0 Å². The molecule has 0 bridgehead atoms. The molecule has 3 aromatic rings. The minimum atomic E-state index is 0.636. The Bertz CT molecular complexity index is 679. The predicted molar refractivity (Wildman–Crippen MR) is 70.1 cm³/mol. The van der Waals surface area contributed by atoms with Gasteiger partial charge < -0.3 is 9.68 Å². The number of hydrogen-bond acceptors (Lipinski definition) is 2. The van der Waals surface area contributed by atoms with E-state index in [0.717, 1.165) is 10.8 Å². The summed E-state index contributed by atoms with van der Waals surface area (Å²) in [7, 11) is 0.701. The summed E-state index contributed by atoms with van der Waals surface area (Å²) >= 11 is 0. The molecule has 0 aliphatic carbocycles. The number of fused-ring (bicyclic) bond motifs is 3. The molecular formula is C14H10BO2. The zero-order chi connectivity index (χ0) is 11.7. The summed E-state index contributed by atoms with van der Waals surface area (Å²) in [5, 5.41) is 13.3. The van der Waals surface area contributed by atoms with Gasteiger partial charge in [0.05, 0.1) is 0 Å². The molecule has 0 unspecified atom stereocenters. The molecule has 0 fully saturated rings. The van der Waals surface area contributed by atoms with Crippen LogP contribution >= 0.6 is 0 Å². The van der Waals surface area contributed by atoms with Gasteiger partial charge in [-0.3, -0.25) is 0 Å². The van der Waals surface area contributed by atoms with E-state index in [-0.39, 0.29) is 0 Å². The minimum absolute atomic E-state index is 0.636. The minimum Gasteiger partial charge on any atom is -0.537 e. The van der Waals surface area contributed by atoms with E-state index in [4.69, 9.17) is 9.68 Å². The van der Waals surface area contributed by atoms with E-state index in [2.05, 4.69) is 24.3 Å². The maximum absolute atomic E-state index is 8.66. The van der Waals surface area contributed by atoms with Crippen LogP contribution < -0.4 is 4.65 Å². The zero-order valence-electron chi connectivity index (χ0n) is 9.13. The van der Waals surface area contributed by atoms with Crippen LogP contribution in [0.4, 0.5) is 0 Å². The standard InChI is InChI=1S/C14H10BO2/c16-15-17-12-8-7-11-6-5-10-3-1-2-4-13(10)14(11)9-12/h1-9,16H. The number of rotatable bonds is 2. The van der Waals surface area contributed by atoms with Crippen LogP contribution in [-0.2, 0) is 0 Å². The highest BCUT2D eigenvalue weighted by Gasteiger charge is 2.02. The third kappa shape index (κ3) is 1.75. The van der Waals surface area contributed by atoms with Crippen molar-refractivity contribution >= 4 is 29.2 Å². The van der Waals surface area contributed by atoms with Gasteiger partial charge >= 0.3 is 7.69 Å². The van der Waals surface area contributed by atoms with Crippen molar-refractivity contribution in [3.8, 4) is 5.75 Å². The van der Waals surface area contributed by atoms with Gasteiger partial charge in [0.1, 0.15) is 5.75 Å². The Labute approximate surface area is 99.8 Å². The van der Waals surface area contributed by atoms with E-state index in [1.165, 1.54) is 10.8 Å². The third-order valence-electron chi connectivity index (χ3n) is 2.91. The molecule has 0 atom stereocenters. The molecule has 0 saturated carbocycles. The average molecular weight is 221 g/mol. The fourth-order valence-electron chi connectivity index (χ4n) is 2.12. The molecule has 1 radical (unpaired) electrons. The fraction of sp³-hybridized carbons (Fsp3) is 0. The lowest BCUT2D eigenvalue weighted by atomic mass is 10.0. The molecule has 0 aliphatic heterocycles. The van der Waals surface area contributed by atoms with Gasteiger partial charge in [-0.05, 0) is 33.7 Å². The van der Waals surface area contributed by atoms with Crippen molar-refractivity contribution in [3.63, 3.8) is 0 Å². The van der Waals surface area contributed by atoms with Gasteiger partial charge in [-0.2, -0.15) is 0 Å². The molecule has 3 heteroatoms. The first-order chi connectivity index (χ1) is 8.38. The van der Waals surface area contributed by atoms with Crippen molar-refractivity contribution < 1.29 is 9.68 Å². The maximum atomic E-state index is 8.66. The Hall–Kier alpha value is -2.00. The lowest BCUT2D eigenvalue weighted by Crippen LogP contribution is -1.99. The molecule has 3 rings (SSSR count). The van der Waals surface area contributed by atoms with E-state index in [9.17, 15) is 0 Å². The van der Waals surface area contributed by atoms with Crippen molar-refractivity contribution in [3.05, 3.63) is 54.6 Å². The average Bonchev–Trinajstić information content (AvgIpc) is 2.39. The van der Waals surface area contributed by atoms with Gasteiger partial charge in [-0.15, -0.1) is 0 Å². The van der Waals surface area contributed by atoms with Crippen LogP contribution in [0.5, 0.6) is 5.75 Å². The highest BCUT2D eigenvalue weighted by atomic mass is 16.5. The molecular weight excluding hydrogens is 211 g/mol. The third-order valence-corrected chi connectivity index (χ3v) is 2.91. The van der Waals surface area contributed by atoms with Gasteiger partial charge in [0.15, 0.2) is 0 Å². The largest absolute Gasteiger partial charge is 0.569 e. The SMILES string of the molecule is O[B]Oc1ccc2ccc3ccccc3c2c1. The van der Waals surface area contributed by atoms with Crippen LogP contribution in [-0.4, -0.2) is 12.7 Å². The first kappa shape index (κ1) is 10.2. The van der Waals surface area contributed by atoms with E-state index < -0.39 is 0 Å². The van der Waals surface area contributed by atoms with Crippen molar-refractivity contribution in [1.29, 1.82) is 0 Å². The van der Waals surface area contributed by atoms with E-state index >= 15 is 0 Å². The highest BCUT2D eigenvalue weighted by molar-refractivity contribution is 6.17. The molecule has 0 amide bonds. The van der Waals surface area contributed by atoms with Gasteiger partial charge in [0.2, 0.25) is 0 Å². The molecule has 81 valence electrons. The summed E-state index contributed by atoms with van der Waals surface area (Å²) < 4.78 is 4.99. The van der Waals surface area contributed by atoms with Crippen LogP contribution in [0.1, 0.15) is 0 Å². The molecule has 1 N–H and O–H groups in total. The Balaban J connectivity index is 2.34. The van der Waals surface area contributed by atoms with Crippen molar-refractivity contribution in [2.45, 2.75) is 0 Å². The second kappa shape index (κ2) is 4.11. The fourth-order valence-corrected chi connectivity index (χ4v) is 2.12. The van der Waals surface area contributed by atoms with Crippen molar-refractivity contribution in [1.82, 2.24) is 0 Å². The van der Waals surface area contributed by atoms with Crippen LogP contribution in [0, 0.1) is 0 Å². The second-order valence-electron chi connectivity index (χ2n) is 3.89. The van der Waals surface area contributed by atoms with Gasteiger partial charge in [0, 0.05) is 0 Å². The summed E-state index contributed by atoms with van der Waals surface area (Å²) in [6.45, 7) is 0. The Morgan fingerprint density at radius 1 is 0.824 bits per heavy atom. The van der Waals surface area contributed by atoms with Crippen molar-refractivity contribution in [2.24, 2.45) is 0 Å². The topological polar surface area (TPSA) is 29.5 Å². The first-order valence-electron chi connectivity index (χ1n) is 5.42. The van der Waals surface area contributed by atoms with Crippen LogP contribution in [0.2, 0.25) is 0 Å². The second-order valence-corrected chi connectivity index (χ2v) is 3.89. The molecule has 0 spiro atoms. The van der Waals surface area contributed by atoms with Crippen LogP contribution in [0.15, 0.2) is 54.6 Å². The summed E-state index contributed by atoms with van der Waals surface area (Å²) in [5.41, 5.74) is 0.